The van der Waals surface area contributed by atoms with Gasteiger partial charge < -0.3 is 4.74 Å². The maximum Gasteiger partial charge on any atom is 0.450 e. The zero-order chi connectivity index (χ0) is 15.4. The van der Waals surface area contributed by atoms with E-state index in [-0.39, 0.29) is 0 Å². The number of carbonyl (C=O) groups excluding carboxylic acids is 3. The van der Waals surface area contributed by atoms with Crippen LogP contribution in [0.25, 0.3) is 0 Å². The molecule has 0 rings (SSSR count). The number of alkyl halides is 6. The van der Waals surface area contributed by atoms with Gasteiger partial charge in [-0.1, -0.05) is 0 Å². The molecule has 1 atom stereocenters. The number of Topliss-reactive ketones (excluding diaryl/α,β-unsaturated/α-hetero) is 2. The first-order valence-electron chi connectivity index (χ1n) is 4.79. The van der Waals surface area contributed by atoms with Crippen LogP contribution in [0.2, 0.25) is 0 Å². The molecule has 4 nitrogen and oxygen atoms in total. The van der Waals surface area contributed by atoms with Crippen LogP contribution in [0.3, 0.4) is 0 Å². The van der Waals surface area contributed by atoms with E-state index in [1.807, 2.05) is 0 Å². The smallest absolute Gasteiger partial charge is 0.450 e. The van der Waals surface area contributed by atoms with Crippen molar-refractivity contribution >= 4 is 17.5 Å². The quantitative estimate of drug-likeness (QED) is 0.441. The first kappa shape index (κ1) is 17.4. The summed E-state index contributed by atoms with van der Waals surface area (Å²) in [6.07, 6.45) is -12.9. The van der Waals surface area contributed by atoms with Gasteiger partial charge in [0.1, 0.15) is 5.92 Å². The first-order valence-corrected chi connectivity index (χ1v) is 4.79. The molecule has 0 aromatic carbocycles. The Balaban J connectivity index is 5.15. The van der Waals surface area contributed by atoms with Gasteiger partial charge in [-0.25, -0.2) is 0 Å². The lowest BCUT2D eigenvalue weighted by molar-refractivity contribution is -0.185. The highest BCUT2D eigenvalue weighted by atomic mass is 19.4. The highest BCUT2D eigenvalue weighted by Crippen LogP contribution is 2.27. The molecule has 0 spiro atoms. The summed E-state index contributed by atoms with van der Waals surface area (Å²) in [5.74, 6) is -10.0. The minimum Gasteiger partial charge on any atom is -0.465 e. The third-order valence-corrected chi connectivity index (χ3v) is 1.87. The molecule has 0 heterocycles. The molecule has 10 heteroatoms. The van der Waals surface area contributed by atoms with Crippen molar-refractivity contribution in [1.29, 1.82) is 0 Å². The fourth-order valence-corrected chi connectivity index (χ4v) is 1.02. The Morgan fingerprint density at radius 2 is 1.47 bits per heavy atom. The van der Waals surface area contributed by atoms with Gasteiger partial charge in [0.15, 0.2) is 0 Å². The van der Waals surface area contributed by atoms with Crippen LogP contribution in [0, 0.1) is 5.92 Å². The molecule has 0 fully saturated rings. The molecule has 0 saturated carbocycles. The molecule has 0 saturated heterocycles. The molecule has 0 aliphatic heterocycles. The highest BCUT2D eigenvalue weighted by molar-refractivity contribution is 6.05. The predicted molar refractivity (Wildman–Crippen MR) is 46.9 cm³/mol. The summed E-state index contributed by atoms with van der Waals surface area (Å²) in [5, 5.41) is 0. The first-order chi connectivity index (χ1) is 8.41. The van der Waals surface area contributed by atoms with Crippen molar-refractivity contribution in [2.45, 2.75) is 25.7 Å². The molecule has 0 aromatic rings. The number of hydrogen-bond acceptors (Lipinski definition) is 4. The molecule has 0 N–H and O–H groups in total. The summed E-state index contributed by atoms with van der Waals surface area (Å²) in [7, 11) is 0. The van der Waals surface area contributed by atoms with E-state index in [0.29, 0.717) is 0 Å². The number of hydrogen-bond donors (Lipinski definition) is 0. The predicted octanol–water partition coefficient (Wildman–Crippen LogP) is 1.82. The van der Waals surface area contributed by atoms with Gasteiger partial charge in [0, 0.05) is 6.42 Å². The van der Waals surface area contributed by atoms with E-state index in [1.165, 1.54) is 6.92 Å². The molecule has 0 aromatic heterocycles. The van der Waals surface area contributed by atoms with Gasteiger partial charge in [0.2, 0.25) is 5.78 Å². The molecular weight excluding hydrogens is 286 g/mol. The minimum atomic E-state index is -5.54. The fourth-order valence-electron chi connectivity index (χ4n) is 1.02. The van der Waals surface area contributed by atoms with Gasteiger partial charge in [0.25, 0.3) is 5.78 Å². The van der Waals surface area contributed by atoms with E-state index in [2.05, 4.69) is 4.74 Å². The lowest BCUT2D eigenvalue weighted by Gasteiger charge is -2.16. The van der Waals surface area contributed by atoms with Crippen molar-refractivity contribution in [2.24, 2.45) is 5.92 Å². The van der Waals surface area contributed by atoms with E-state index in [0.717, 1.165) is 0 Å². The van der Waals surface area contributed by atoms with Crippen LogP contribution in [0.5, 0.6) is 0 Å². The number of rotatable bonds is 5. The Kier molecular flexibility index (Phi) is 5.51. The lowest BCUT2D eigenvalue weighted by atomic mass is 9.97. The van der Waals surface area contributed by atoms with Crippen LogP contribution >= 0.6 is 0 Å². The van der Waals surface area contributed by atoms with E-state index in [4.69, 9.17) is 0 Å². The average molecular weight is 294 g/mol. The Bertz CT molecular complexity index is 370. The third-order valence-electron chi connectivity index (χ3n) is 1.87. The summed E-state index contributed by atoms with van der Waals surface area (Å²) in [5.41, 5.74) is 0. The number of carbonyl (C=O) groups is 3. The second-order valence-electron chi connectivity index (χ2n) is 3.29. The van der Waals surface area contributed by atoms with E-state index in [9.17, 15) is 40.7 Å². The largest absolute Gasteiger partial charge is 0.465 e. The van der Waals surface area contributed by atoms with E-state index >= 15 is 0 Å². The molecule has 110 valence electrons. The van der Waals surface area contributed by atoms with Crippen LogP contribution < -0.4 is 0 Å². The fraction of sp³-hybridized carbons (Fsp3) is 0.667. The average Bonchev–Trinajstić information content (AvgIpc) is 2.22. The van der Waals surface area contributed by atoms with Crippen molar-refractivity contribution < 1.29 is 45.5 Å². The van der Waals surface area contributed by atoms with Gasteiger partial charge in [-0.05, 0) is 6.92 Å². The van der Waals surface area contributed by atoms with Crippen LogP contribution in [-0.4, -0.2) is 36.5 Å². The zero-order valence-corrected chi connectivity index (χ0v) is 9.39. The lowest BCUT2D eigenvalue weighted by Crippen LogP contribution is -2.39. The molecule has 0 aliphatic carbocycles. The van der Waals surface area contributed by atoms with Crippen molar-refractivity contribution in [3.05, 3.63) is 0 Å². The molecule has 0 bridgehead atoms. The Morgan fingerprint density at radius 3 is 1.79 bits per heavy atom. The summed E-state index contributed by atoms with van der Waals surface area (Å²) < 4.78 is 76.1. The van der Waals surface area contributed by atoms with Gasteiger partial charge in [-0.3, -0.25) is 14.4 Å². The monoisotopic (exact) mass is 294 g/mol. The third kappa shape index (κ3) is 5.26. The van der Waals surface area contributed by atoms with Crippen LogP contribution in [0.1, 0.15) is 13.3 Å². The Morgan fingerprint density at radius 1 is 1.00 bits per heavy atom. The topological polar surface area (TPSA) is 60.4 Å². The Hall–Kier alpha value is -1.61. The van der Waals surface area contributed by atoms with Crippen LogP contribution in [0.4, 0.5) is 26.3 Å². The second-order valence-corrected chi connectivity index (χ2v) is 3.29. The second kappa shape index (κ2) is 6.02. The maximum atomic E-state index is 12.1. The maximum absolute atomic E-state index is 12.1. The molecule has 19 heavy (non-hydrogen) atoms. The summed E-state index contributed by atoms with van der Waals surface area (Å²) >= 11 is 0. The van der Waals surface area contributed by atoms with Crippen molar-refractivity contribution in [1.82, 2.24) is 0 Å². The summed E-state index contributed by atoms with van der Waals surface area (Å²) in [4.78, 5) is 32.4. The zero-order valence-electron chi connectivity index (χ0n) is 9.39. The van der Waals surface area contributed by atoms with Gasteiger partial charge in [-0.2, -0.15) is 26.3 Å². The number of ketones is 2. The molecule has 0 amide bonds. The number of halogens is 6. The van der Waals surface area contributed by atoms with Gasteiger partial charge in [0.05, 0.1) is 6.61 Å². The summed E-state index contributed by atoms with van der Waals surface area (Å²) in [6, 6.07) is 0. The van der Waals surface area contributed by atoms with Crippen molar-refractivity contribution in [3.63, 3.8) is 0 Å². The summed E-state index contributed by atoms with van der Waals surface area (Å²) in [6.45, 7) is 0.735. The Labute approximate surface area is 102 Å². The van der Waals surface area contributed by atoms with Crippen molar-refractivity contribution in [3.8, 4) is 0 Å². The minimum absolute atomic E-state index is 0.444. The standard InChI is InChI=1S/C9H8F6O4/c1-2-19-7(18)4(6(17)9(13,14)15)3-5(16)8(10,11)12/h4H,2-3H2,1H3. The highest BCUT2D eigenvalue weighted by Gasteiger charge is 2.50. The van der Waals surface area contributed by atoms with Gasteiger partial charge >= 0.3 is 18.3 Å². The normalized spacial score (nSPS) is 13.8. The van der Waals surface area contributed by atoms with E-state index < -0.39 is 48.8 Å². The van der Waals surface area contributed by atoms with Crippen LogP contribution in [-0.2, 0) is 19.1 Å². The molecule has 1 unspecified atom stereocenters. The molecular formula is C9H8F6O4. The van der Waals surface area contributed by atoms with Crippen LogP contribution in [0.15, 0.2) is 0 Å². The number of ether oxygens (including phenoxy) is 1. The van der Waals surface area contributed by atoms with Gasteiger partial charge in [-0.15, -0.1) is 0 Å². The number of esters is 1. The SMILES string of the molecule is CCOC(=O)C(CC(=O)C(F)(F)F)C(=O)C(F)(F)F. The van der Waals surface area contributed by atoms with Crippen molar-refractivity contribution in [2.75, 3.05) is 6.61 Å². The van der Waals surface area contributed by atoms with E-state index in [1.54, 1.807) is 0 Å². The molecule has 0 radical (unpaired) electrons. The molecule has 0 aliphatic rings.